The fraction of sp³-hybridized carbons (Fsp3) is 0.400. The normalized spacial score (nSPS) is 12.0. The molecule has 0 fully saturated rings. The van der Waals surface area contributed by atoms with E-state index in [1.165, 1.54) is 12.1 Å². The maximum absolute atomic E-state index is 11.6. The van der Waals surface area contributed by atoms with Crippen LogP contribution in [-0.4, -0.2) is 9.85 Å². The van der Waals surface area contributed by atoms with Gasteiger partial charge in [-0.2, -0.15) is 0 Å². The fourth-order valence-corrected chi connectivity index (χ4v) is 3.52. The van der Waals surface area contributed by atoms with Crippen LogP contribution in [-0.2, 0) is 12.8 Å². The summed E-state index contributed by atoms with van der Waals surface area (Å²) in [4.78, 5) is 22.0. The Balaban J connectivity index is 2.63. The van der Waals surface area contributed by atoms with Gasteiger partial charge in [-0.3, -0.25) is 20.2 Å². The number of non-ortho nitro benzene ring substituents is 1. The molecular formula is C20H24N2O4. The molecule has 0 saturated carbocycles. The van der Waals surface area contributed by atoms with E-state index in [9.17, 15) is 20.2 Å². The van der Waals surface area contributed by atoms with Crippen LogP contribution in [0, 0.1) is 20.2 Å². The van der Waals surface area contributed by atoms with Gasteiger partial charge in [0.05, 0.1) is 9.85 Å². The molecule has 6 heteroatoms. The van der Waals surface area contributed by atoms with Crippen molar-refractivity contribution in [1.29, 1.82) is 0 Å². The maximum Gasteiger partial charge on any atom is 0.273 e. The molecule has 0 saturated heterocycles. The van der Waals surface area contributed by atoms with Crippen molar-refractivity contribution >= 4 is 11.4 Å². The molecule has 1 unspecified atom stereocenters. The van der Waals surface area contributed by atoms with Crippen molar-refractivity contribution in [2.75, 3.05) is 0 Å². The maximum atomic E-state index is 11.6. The van der Waals surface area contributed by atoms with Crippen molar-refractivity contribution in [2.24, 2.45) is 0 Å². The smallest absolute Gasteiger partial charge is 0.258 e. The Labute approximate surface area is 153 Å². The number of hydrogen-bond acceptors (Lipinski definition) is 4. The van der Waals surface area contributed by atoms with Gasteiger partial charge in [-0.25, -0.2) is 0 Å². The lowest BCUT2D eigenvalue weighted by Crippen LogP contribution is -2.08. The molecule has 0 aliphatic carbocycles. The Morgan fingerprint density at radius 1 is 0.923 bits per heavy atom. The van der Waals surface area contributed by atoms with Crippen LogP contribution in [0.25, 0.3) is 0 Å². The van der Waals surface area contributed by atoms with E-state index in [1.807, 2.05) is 26.8 Å². The predicted molar refractivity (Wildman–Crippen MR) is 102 cm³/mol. The van der Waals surface area contributed by atoms with Gasteiger partial charge in [-0.15, -0.1) is 0 Å². The minimum absolute atomic E-state index is 0.0562. The largest absolute Gasteiger partial charge is 0.273 e. The Hall–Kier alpha value is -2.76. The van der Waals surface area contributed by atoms with Crippen molar-refractivity contribution in [2.45, 2.75) is 52.4 Å². The topological polar surface area (TPSA) is 86.3 Å². The van der Waals surface area contributed by atoms with Gasteiger partial charge < -0.3 is 0 Å². The van der Waals surface area contributed by atoms with Crippen LogP contribution >= 0.6 is 0 Å². The van der Waals surface area contributed by atoms with E-state index in [2.05, 4.69) is 0 Å². The van der Waals surface area contributed by atoms with Crippen LogP contribution in [0.3, 0.4) is 0 Å². The van der Waals surface area contributed by atoms with E-state index in [1.54, 1.807) is 18.2 Å². The van der Waals surface area contributed by atoms with Gasteiger partial charge in [0, 0.05) is 29.7 Å². The Morgan fingerprint density at radius 3 is 2.15 bits per heavy atom. The number of benzene rings is 2. The zero-order chi connectivity index (χ0) is 19.3. The first kappa shape index (κ1) is 19.6. The molecule has 0 aliphatic rings. The molecule has 0 radical (unpaired) electrons. The molecule has 0 heterocycles. The molecular weight excluding hydrogens is 332 g/mol. The SMILES string of the molecule is CCCc1cc([N+](=O)[O-])ccc1C(C)c1c(CCC)cccc1[N+](=O)[O-]. The first-order chi connectivity index (χ1) is 12.4. The van der Waals surface area contributed by atoms with Crippen molar-refractivity contribution in [1.82, 2.24) is 0 Å². The van der Waals surface area contributed by atoms with Gasteiger partial charge in [-0.1, -0.05) is 51.8 Å². The van der Waals surface area contributed by atoms with Gasteiger partial charge in [-0.05, 0) is 29.5 Å². The van der Waals surface area contributed by atoms with Gasteiger partial charge in [0.1, 0.15) is 0 Å². The third-order valence-corrected chi connectivity index (χ3v) is 4.65. The highest BCUT2D eigenvalue weighted by Gasteiger charge is 2.25. The predicted octanol–water partition coefficient (Wildman–Crippen LogP) is 5.56. The standard InChI is InChI=1S/C20H24N2O4/c1-4-7-15-9-6-10-19(22(25)26)20(15)14(3)18-12-11-17(21(23)24)13-16(18)8-5-2/h6,9-14H,4-5,7-8H2,1-3H3. The molecule has 0 aromatic heterocycles. The quantitative estimate of drug-likeness (QED) is 0.457. The molecule has 6 nitrogen and oxygen atoms in total. The first-order valence-electron chi connectivity index (χ1n) is 8.94. The fourth-order valence-electron chi connectivity index (χ4n) is 3.52. The van der Waals surface area contributed by atoms with Gasteiger partial charge >= 0.3 is 0 Å². The van der Waals surface area contributed by atoms with Crippen molar-refractivity contribution in [3.8, 4) is 0 Å². The number of nitro benzene ring substituents is 2. The average molecular weight is 356 g/mol. The molecule has 0 aliphatic heterocycles. The minimum Gasteiger partial charge on any atom is -0.258 e. The summed E-state index contributed by atoms with van der Waals surface area (Å²) in [5.74, 6) is -0.208. The molecule has 138 valence electrons. The zero-order valence-electron chi connectivity index (χ0n) is 15.4. The van der Waals surface area contributed by atoms with Crippen molar-refractivity contribution in [3.05, 3.63) is 78.9 Å². The minimum atomic E-state index is -0.402. The lowest BCUT2D eigenvalue weighted by atomic mass is 9.84. The van der Waals surface area contributed by atoms with E-state index in [4.69, 9.17) is 0 Å². The Kier molecular flexibility index (Phi) is 6.44. The summed E-state index contributed by atoms with van der Waals surface area (Å²) >= 11 is 0. The van der Waals surface area contributed by atoms with Gasteiger partial charge in [0.25, 0.3) is 11.4 Å². The lowest BCUT2D eigenvalue weighted by Gasteiger charge is -2.20. The molecule has 2 aromatic rings. The number of hydrogen-bond donors (Lipinski definition) is 0. The van der Waals surface area contributed by atoms with Crippen LogP contribution in [0.5, 0.6) is 0 Å². The first-order valence-corrected chi connectivity index (χ1v) is 8.94. The molecule has 26 heavy (non-hydrogen) atoms. The molecule has 2 aromatic carbocycles. The number of rotatable bonds is 8. The van der Waals surface area contributed by atoms with E-state index < -0.39 is 4.92 Å². The molecule has 0 bridgehead atoms. The summed E-state index contributed by atoms with van der Waals surface area (Å²) in [5, 5.41) is 22.7. The highest BCUT2D eigenvalue weighted by molar-refractivity contribution is 5.53. The van der Waals surface area contributed by atoms with Crippen molar-refractivity contribution < 1.29 is 9.85 Å². The van der Waals surface area contributed by atoms with E-state index in [0.29, 0.717) is 12.0 Å². The third kappa shape index (κ3) is 4.07. The van der Waals surface area contributed by atoms with E-state index >= 15 is 0 Å². The molecule has 2 rings (SSSR count). The number of nitro groups is 2. The number of aryl methyl sites for hydroxylation is 2. The van der Waals surface area contributed by atoms with Crippen LogP contribution in [0.15, 0.2) is 36.4 Å². The molecule has 1 atom stereocenters. The summed E-state index contributed by atoms with van der Waals surface area (Å²) in [6.07, 6.45) is 3.20. The Morgan fingerprint density at radius 2 is 1.58 bits per heavy atom. The molecule has 0 N–H and O–H groups in total. The zero-order valence-corrected chi connectivity index (χ0v) is 15.4. The van der Waals surface area contributed by atoms with Crippen molar-refractivity contribution in [3.63, 3.8) is 0 Å². The van der Waals surface area contributed by atoms with Crippen LogP contribution in [0.4, 0.5) is 11.4 Å². The highest BCUT2D eigenvalue weighted by Crippen LogP contribution is 2.37. The summed E-state index contributed by atoms with van der Waals surface area (Å²) < 4.78 is 0. The molecule has 0 spiro atoms. The molecule has 0 amide bonds. The van der Waals surface area contributed by atoms with Gasteiger partial charge in [0.15, 0.2) is 0 Å². The third-order valence-electron chi connectivity index (χ3n) is 4.65. The van der Waals surface area contributed by atoms with Crippen LogP contribution < -0.4 is 0 Å². The lowest BCUT2D eigenvalue weighted by molar-refractivity contribution is -0.385. The van der Waals surface area contributed by atoms with Crippen LogP contribution in [0.1, 0.15) is 61.8 Å². The second kappa shape index (κ2) is 8.56. The summed E-state index contributed by atoms with van der Waals surface area (Å²) in [6.45, 7) is 6.00. The van der Waals surface area contributed by atoms with Gasteiger partial charge in [0.2, 0.25) is 0 Å². The average Bonchev–Trinajstić information content (AvgIpc) is 2.61. The highest BCUT2D eigenvalue weighted by atomic mass is 16.6. The summed E-state index contributed by atoms with van der Waals surface area (Å²) in [7, 11) is 0. The second-order valence-electron chi connectivity index (χ2n) is 6.47. The summed E-state index contributed by atoms with van der Waals surface area (Å²) in [6, 6.07) is 10.0. The van der Waals surface area contributed by atoms with Crippen LogP contribution in [0.2, 0.25) is 0 Å². The summed E-state index contributed by atoms with van der Waals surface area (Å²) in [5.41, 5.74) is 3.66. The van der Waals surface area contributed by atoms with E-state index in [-0.39, 0.29) is 22.2 Å². The monoisotopic (exact) mass is 356 g/mol. The Bertz CT molecular complexity index is 817. The number of nitrogens with zero attached hydrogens (tertiary/aromatic N) is 2. The second-order valence-corrected chi connectivity index (χ2v) is 6.47. The van der Waals surface area contributed by atoms with E-state index in [0.717, 1.165) is 36.0 Å².